The molecule has 0 N–H and O–H groups in total. The molecule has 0 radical (unpaired) electrons. The second-order valence-corrected chi connectivity index (χ2v) is 6.54. The molecule has 0 aromatic heterocycles. The van der Waals surface area contributed by atoms with Crippen molar-refractivity contribution in [1.29, 1.82) is 0 Å². The van der Waals surface area contributed by atoms with Crippen molar-refractivity contribution in [2.45, 2.75) is 19.9 Å². The fourth-order valence-corrected chi connectivity index (χ4v) is 3.06. The third-order valence-corrected chi connectivity index (χ3v) is 4.68. The van der Waals surface area contributed by atoms with Gasteiger partial charge in [-0.15, -0.1) is 0 Å². The summed E-state index contributed by atoms with van der Waals surface area (Å²) in [5.41, 5.74) is 0.880. The molecule has 26 heavy (non-hydrogen) atoms. The van der Waals surface area contributed by atoms with Crippen LogP contribution in [0, 0.1) is 11.6 Å². The van der Waals surface area contributed by atoms with E-state index < -0.39 is 17.7 Å². The van der Waals surface area contributed by atoms with Crippen LogP contribution in [-0.4, -0.2) is 31.6 Å². The normalized spacial score (nSPS) is 11.8. The molecule has 2 aromatic rings. The average molecular weight is 428 g/mol. The first-order chi connectivity index (χ1) is 12.3. The highest BCUT2D eigenvalue weighted by Crippen LogP contribution is 2.37. The van der Waals surface area contributed by atoms with Crippen LogP contribution in [0.3, 0.4) is 0 Å². The van der Waals surface area contributed by atoms with E-state index >= 15 is 0 Å². The Balaban J connectivity index is 2.32. The zero-order valence-corrected chi connectivity index (χ0v) is 16.6. The maximum absolute atomic E-state index is 13.5. The SMILES string of the molecule is CCOc1c(Br)cc(C(=O)N(C)C(C)c2ccc(F)c(F)c2)cc1OC. The van der Waals surface area contributed by atoms with Gasteiger partial charge in [0.2, 0.25) is 0 Å². The molecule has 0 saturated carbocycles. The van der Waals surface area contributed by atoms with Gasteiger partial charge in [0, 0.05) is 12.6 Å². The molecule has 0 spiro atoms. The number of methoxy groups -OCH3 is 1. The topological polar surface area (TPSA) is 38.8 Å². The standard InChI is InChI=1S/C19H20BrF2NO3/c1-5-26-18-14(20)8-13(10-17(18)25-4)19(24)23(3)11(2)12-6-7-15(21)16(22)9-12/h6-11H,5H2,1-4H3. The second kappa shape index (κ2) is 8.49. The lowest BCUT2D eigenvalue weighted by molar-refractivity contribution is 0.0742. The lowest BCUT2D eigenvalue weighted by Gasteiger charge is -2.26. The summed E-state index contributed by atoms with van der Waals surface area (Å²) in [6.07, 6.45) is 0. The monoisotopic (exact) mass is 427 g/mol. The van der Waals surface area contributed by atoms with Crippen LogP contribution >= 0.6 is 15.9 Å². The van der Waals surface area contributed by atoms with E-state index in [1.54, 1.807) is 26.1 Å². The van der Waals surface area contributed by atoms with Gasteiger partial charge in [0.15, 0.2) is 23.1 Å². The van der Waals surface area contributed by atoms with Crippen molar-refractivity contribution >= 4 is 21.8 Å². The zero-order chi connectivity index (χ0) is 19.4. The molecule has 0 bridgehead atoms. The smallest absolute Gasteiger partial charge is 0.254 e. The number of hydrogen-bond acceptors (Lipinski definition) is 3. The molecule has 0 heterocycles. The molecular formula is C19H20BrF2NO3. The Morgan fingerprint density at radius 3 is 2.50 bits per heavy atom. The van der Waals surface area contributed by atoms with E-state index in [0.717, 1.165) is 12.1 Å². The molecule has 1 unspecified atom stereocenters. The molecular weight excluding hydrogens is 408 g/mol. The van der Waals surface area contributed by atoms with Crippen molar-refractivity contribution in [3.63, 3.8) is 0 Å². The minimum absolute atomic E-state index is 0.288. The highest BCUT2D eigenvalue weighted by atomic mass is 79.9. The molecule has 0 aliphatic heterocycles. The van der Waals surface area contributed by atoms with Gasteiger partial charge in [0.05, 0.1) is 24.2 Å². The van der Waals surface area contributed by atoms with E-state index in [1.807, 2.05) is 6.92 Å². The number of nitrogens with zero attached hydrogens (tertiary/aromatic N) is 1. The van der Waals surface area contributed by atoms with Crippen LogP contribution < -0.4 is 9.47 Å². The van der Waals surface area contributed by atoms with Gasteiger partial charge < -0.3 is 14.4 Å². The summed E-state index contributed by atoms with van der Waals surface area (Å²) in [5.74, 6) is -1.21. The Kier molecular flexibility index (Phi) is 6.58. The van der Waals surface area contributed by atoms with Gasteiger partial charge in [-0.2, -0.15) is 0 Å². The highest BCUT2D eigenvalue weighted by Gasteiger charge is 2.22. The molecule has 2 aromatic carbocycles. The van der Waals surface area contributed by atoms with Crippen LogP contribution in [0.4, 0.5) is 8.78 Å². The van der Waals surface area contributed by atoms with Crippen LogP contribution in [0.25, 0.3) is 0 Å². The molecule has 0 aliphatic rings. The lowest BCUT2D eigenvalue weighted by atomic mass is 10.1. The number of ether oxygens (including phenoxy) is 2. The molecule has 1 amide bonds. The van der Waals surface area contributed by atoms with Crippen LogP contribution in [0.5, 0.6) is 11.5 Å². The van der Waals surface area contributed by atoms with E-state index in [9.17, 15) is 13.6 Å². The van der Waals surface area contributed by atoms with Gasteiger partial charge in [-0.3, -0.25) is 4.79 Å². The molecule has 1 atom stereocenters. The summed E-state index contributed by atoms with van der Waals surface area (Å²) in [4.78, 5) is 14.3. The number of halogens is 3. The number of rotatable bonds is 6. The number of hydrogen-bond donors (Lipinski definition) is 0. The van der Waals surface area contributed by atoms with Crippen molar-refractivity contribution in [2.75, 3.05) is 20.8 Å². The molecule has 7 heteroatoms. The van der Waals surface area contributed by atoms with Crippen LogP contribution in [0.2, 0.25) is 0 Å². The zero-order valence-electron chi connectivity index (χ0n) is 15.0. The molecule has 0 aliphatic carbocycles. The summed E-state index contributed by atoms with van der Waals surface area (Å²) in [5, 5.41) is 0. The first kappa shape index (κ1) is 20.2. The van der Waals surface area contributed by atoms with E-state index in [-0.39, 0.29) is 5.91 Å². The molecule has 0 saturated heterocycles. The molecule has 140 valence electrons. The number of carbonyl (C=O) groups excluding carboxylic acids is 1. The van der Waals surface area contributed by atoms with Crippen molar-refractivity contribution in [1.82, 2.24) is 4.90 Å². The van der Waals surface area contributed by atoms with Crippen molar-refractivity contribution in [3.8, 4) is 11.5 Å². The Morgan fingerprint density at radius 1 is 1.23 bits per heavy atom. The van der Waals surface area contributed by atoms with E-state index in [1.165, 1.54) is 18.1 Å². The van der Waals surface area contributed by atoms with E-state index in [4.69, 9.17) is 9.47 Å². The Hall–Kier alpha value is -2.15. The van der Waals surface area contributed by atoms with Crippen LogP contribution in [-0.2, 0) is 0 Å². The largest absolute Gasteiger partial charge is 0.493 e. The minimum Gasteiger partial charge on any atom is -0.493 e. The van der Waals surface area contributed by atoms with Gasteiger partial charge >= 0.3 is 0 Å². The summed E-state index contributed by atoms with van der Waals surface area (Å²) in [6.45, 7) is 4.04. The lowest BCUT2D eigenvalue weighted by Crippen LogP contribution is -2.29. The quantitative estimate of drug-likeness (QED) is 0.653. The van der Waals surface area contributed by atoms with Crippen LogP contribution in [0.15, 0.2) is 34.8 Å². The number of amides is 1. The Morgan fingerprint density at radius 2 is 1.92 bits per heavy atom. The van der Waals surface area contributed by atoms with E-state index in [2.05, 4.69) is 15.9 Å². The average Bonchev–Trinajstić information content (AvgIpc) is 2.63. The number of benzene rings is 2. The summed E-state index contributed by atoms with van der Waals surface area (Å²) >= 11 is 3.39. The Labute approximate surface area is 159 Å². The van der Waals surface area contributed by atoms with Crippen molar-refractivity contribution in [3.05, 3.63) is 57.6 Å². The summed E-state index contributed by atoms with van der Waals surface area (Å²) in [6, 6.07) is 6.39. The van der Waals surface area contributed by atoms with Gasteiger partial charge in [0.25, 0.3) is 5.91 Å². The third-order valence-electron chi connectivity index (χ3n) is 4.09. The fraction of sp³-hybridized carbons (Fsp3) is 0.316. The summed E-state index contributed by atoms with van der Waals surface area (Å²) < 4.78 is 38.0. The maximum atomic E-state index is 13.5. The van der Waals surface area contributed by atoms with Crippen molar-refractivity contribution < 1.29 is 23.0 Å². The van der Waals surface area contributed by atoms with Gasteiger partial charge in [-0.1, -0.05) is 6.07 Å². The first-order valence-electron chi connectivity index (χ1n) is 8.02. The fourth-order valence-electron chi connectivity index (χ4n) is 2.50. The number of carbonyl (C=O) groups is 1. The third kappa shape index (κ3) is 4.15. The minimum atomic E-state index is -0.944. The molecule has 0 fully saturated rings. The van der Waals surface area contributed by atoms with Crippen molar-refractivity contribution in [2.24, 2.45) is 0 Å². The van der Waals surface area contributed by atoms with Crippen LogP contribution in [0.1, 0.15) is 35.8 Å². The van der Waals surface area contributed by atoms with Gasteiger partial charge in [-0.05, 0) is 59.6 Å². The molecule has 2 rings (SSSR count). The first-order valence-corrected chi connectivity index (χ1v) is 8.81. The summed E-state index contributed by atoms with van der Waals surface area (Å²) in [7, 11) is 3.09. The second-order valence-electron chi connectivity index (χ2n) is 5.69. The predicted molar refractivity (Wildman–Crippen MR) is 98.7 cm³/mol. The van der Waals surface area contributed by atoms with Gasteiger partial charge in [-0.25, -0.2) is 8.78 Å². The highest BCUT2D eigenvalue weighted by molar-refractivity contribution is 9.10. The maximum Gasteiger partial charge on any atom is 0.254 e. The van der Waals surface area contributed by atoms with E-state index in [0.29, 0.717) is 33.7 Å². The van der Waals surface area contributed by atoms with Gasteiger partial charge in [0.1, 0.15) is 0 Å². The predicted octanol–water partition coefficient (Wildman–Crippen LogP) is 4.97. The molecule has 4 nitrogen and oxygen atoms in total. The Bertz CT molecular complexity index is 814.